The number of hydrogen-bond donors (Lipinski definition) is 0. The zero-order chi connectivity index (χ0) is 27.0. The van der Waals surface area contributed by atoms with E-state index in [1.54, 1.807) is 38.9 Å². The summed E-state index contributed by atoms with van der Waals surface area (Å²) in [6.45, 7) is 3.81. The molecule has 0 bridgehead atoms. The van der Waals surface area contributed by atoms with E-state index in [2.05, 4.69) is 9.88 Å². The fourth-order valence-corrected chi connectivity index (χ4v) is 5.53. The Labute approximate surface area is 226 Å². The van der Waals surface area contributed by atoms with Crippen molar-refractivity contribution in [3.8, 4) is 16.9 Å². The van der Waals surface area contributed by atoms with Gasteiger partial charge in [0.25, 0.3) is 11.8 Å². The van der Waals surface area contributed by atoms with Gasteiger partial charge in [0.1, 0.15) is 11.4 Å². The quantitative estimate of drug-likeness (QED) is 0.446. The summed E-state index contributed by atoms with van der Waals surface area (Å²) in [6, 6.07) is 8.62. The van der Waals surface area contributed by atoms with E-state index in [0.717, 1.165) is 19.2 Å². The Morgan fingerprint density at radius 1 is 1.03 bits per heavy atom. The Bertz CT molecular complexity index is 1340. The summed E-state index contributed by atoms with van der Waals surface area (Å²) >= 11 is 7.15. The molecular weight excluding hydrogens is 541 g/mol. The molecule has 5 rings (SSSR count). The van der Waals surface area contributed by atoms with E-state index < -0.39 is 11.7 Å². The second kappa shape index (κ2) is 10.5. The Kier molecular flexibility index (Phi) is 7.34. The third-order valence-corrected chi connectivity index (χ3v) is 7.87. The lowest BCUT2D eigenvalue weighted by atomic mass is 9.98. The number of nitrogens with zero attached hydrogens (tertiary/aromatic N) is 4. The first-order chi connectivity index (χ1) is 18.2. The molecule has 0 N–H and O–H groups in total. The van der Waals surface area contributed by atoms with Crippen molar-refractivity contribution in [3.63, 3.8) is 0 Å². The van der Waals surface area contributed by atoms with E-state index in [1.165, 1.54) is 30.6 Å². The number of alkyl halides is 3. The highest BCUT2D eigenvalue weighted by molar-refractivity contribution is 7.07. The highest BCUT2D eigenvalue weighted by atomic mass is 35.5. The van der Waals surface area contributed by atoms with Crippen LogP contribution in [-0.2, 0) is 6.18 Å². The molecule has 2 aliphatic heterocycles. The van der Waals surface area contributed by atoms with Gasteiger partial charge in [-0.3, -0.25) is 14.5 Å². The van der Waals surface area contributed by atoms with Crippen molar-refractivity contribution >= 4 is 34.8 Å². The van der Waals surface area contributed by atoms with Gasteiger partial charge in [0.05, 0.1) is 23.2 Å². The number of halogens is 4. The van der Waals surface area contributed by atoms with Crippen LogP contribution < -0.4 is 4.74 Å². The molecule has 3 heterocycles. The molecule has 0 spiro atoms. The van der Waals surface area contributed by atoms with Crippen molar-refractivity contribution in [2.75, 3.05) is 46.4 Å². The zero-order valence-corrected chi connectivity index (χ0v) is 21.9. The zero-order valence-electron chi connectivity index (χ0n) is 20.4. The van der Waals surface area contributed by atoms with Gasteiger partial charge in [-0.25, -0.2) is 4.98 Å². The monoisotopic (exact) mass is 564 g/mol. The van der Waals surface area contributed by atoms with E-state index in [1.807, 2.05) is 0 Å². The molecule has 2 aliphatic rings. The summed E-state index contributed by atoms with van der Waals surface area (Å²) < 4.78 is 45.4. The van der Waals surface area contributed by atoms with Crippen LogP contribution in [0, 0.1) is 0 Å². The molecule has 0 radical (unpaired) electrons. The Hall–Kier alpha value is -3.15. The highest BCUT2D eigenvalue weighted by Gasteiger charge is 2.37. The second-order valence-corrected chi connectivity index (χ2v) is 10.3. The maximum atomic E-state index is 13.3. The number of thiazole rings is 1. The van der Waals surface area contributed by atoms with E-state index >= 15 is 0 Å². The Morgan fingerprint density at radius 2 is 1.76 bits per heavy atom. The number of carbonyl (C=O) groups excluding carboxylic acids is 2. The molecule has 7 nitrogen and oxygen atoms in total. The molecule has 2 amide bonds. The molecule has 1 aromatic heterocycles. The number of piperazine rings is 1. The molecule has 2 fully saturated rings. The average molecular weight is 565 g/mol. The first-order valence-electron chi connectivity index (χ1n) is 11.9. The van der Waals surface area contributed by atoms with Crippen LogP contribution in [0.3, 0.4) is 0 Å². The predicted octanol–water partition coefficient (Wildman–Crippen LogP) is 4.77. The van der Waals surface area contributed by atoms with Crippen molar-refractivity contribution in [1.29, 1.82) is 0 Å². The molecule has 0 aliphatic carbocycles. The summed E-state index contributed by atoms with van der Waals surface area (Å²) in [7, 11) is 1.41. The summed E-state index contributed by atoms with van der Waals surface area (Å²) in [6.07, 6.45) is -4.59. The van der Waals surface area contributed by atoms with Gasteiger partial charge in [0.2, 0.25) is 0 Å². The number of hydrogen-bond acceptors (Lipinski definition) is 6. The van der Waals surface area contributed by atoms with E-state index in [-0.39, 0.29) is 28.4 Å². The maximum absolute atomic E-state index is 13.3. The summed E-state index contributed by atoms with van der Waals surface area (Å²) in [5.41, 5.74) is 2.30. The first-order valence-corrected chi connectivity index (χ1v) is 13.2. The third kappa shape index (κ3) is 5.23. The number of methoxy groups -OCH3 is 1. The minimum Gasteiger partial charge on any atom is -0.496 e. The maximum Gasteiger partial charge on any atom is 0.417 e. The molecule has 0 atom stereocenters. The van der Waals surface area contributed by atoms with Crippen molar-refractivity contribution in [1.82, 2.24) is 19.7 Å². The van der Waals surface area contributed by atoms with E-state index in [0.29, 0.717) is 48.7 Å². The van der Waals surface area contributed by atoms with Crippen LogP contribution in [0.15, 0.2) is 47.3 Å². The Balaban J connectivity index is 1.21. The average Bonchev–Trinajstić information content (AvgIpc) is 3.42. The van der Waals surface area contributed by atoms with Gasteiger partial charge in [-0.05, 0) is 35.9 Å². The normalized spacial score (nSPS) is 16.9. The lowest BCUT2D eigenvalue weighted by Gasteiger charge is -2.48. The number of likely N-dealkylation sites (tertiary alicyclic amines) is 1. The molecule has 12 heteroatoms. The number of carbonyl (C=O) groups is 2. The molecule has 0 saturated carbocycles. The van der Waals surface area contributed by atoms with Gasteiger partial charge in [0, 0.05) is 61.8 Å². The van der Waals surface area contributed by atoms with E-state index in [4.69, 9.17) is 16.3 Å². The SMILES string of the molecule is COc1cc(C(=O)N2CC(N3CCN(C(=O)c4cscn4)CC3)C2)ccc1-c1ccc(Cl)c(C(F)(F)F)c1. The van der Waals surface area contributed by atoms with Crippen molar-refractivity contribution in [2.24, 2.45) is 0 Å². The summed E-state index contributed by atoms with van der Waals surface area (Å²) in [5, 5.41) is 1.37. The number of benzene rings is 2. The smallest absolute Gasteiger partial charge is 0.417 e. The standard InChI is InChI=1S/C26H24ClF3N4O3S/c1-37-23-11-17(2-4-19(23)16-3-5-21(27)20(10-16)26(28,29)30)24(35)34-12-18(13-34)32-6-8-33(9-7-32)25(36)22-14-38-15-31-22/h2-5,10-11,14-15,18H,6-9,12-13H2,1H3. The third-order valence-electron chi connectivity index (χ3n) is 6.95. The van der Waals surface area contributed by atoms with Crippen LogP contribution >= 0.6 is 22.9 Å². The van der Waals surface area contributed by atoms with Crippen LogP contribution in [0.2, 0.25) is 5.02 Å². The van der Waals surface area contributed by atoms with Crippen LogP contribution in [-0.4, -0.2) is 83.9 Å². The molecule has 3 aromatic rings. The van der Waals surface area contributed by atoms with Crippen LogP contribution in [0.1, 0.15) is 26.4 Å². The minimum absolute atomic E-state index is 0.0538. The highest BCUT2D eigenvalue weighted by Crippen LogP contribution is 2.39. The van der Waals surface area contributed by atoms with E-state index in [9.17, 15) is 22.8 Å². The summed E-state index contributed by atoms with van der Waals surface area (Å²) in [5.74, 6) is 0.0711. The number of ether oxygens (including phenoxy) is 1. The van der Waals surface area contributed by atoms with Gasteiger partial charge in [0.15, 0.2) is 0 Å². The lowest BCUT2D eigenvalue weighted by molar-refractivity contribution is -0.137. The molecule has 200 valence electrons. The van der Waals surface area contributed by atoms with Crippen LogP contribution in [0.5, 0.6) is 5.75 Å². The van der Waals surface area contributed by atoms with Crippen molar-refractivity contribution in [3.05, 3.63) is 69.1 Å². The minimum atomic E-state index is -4.59. The topological polar surface area (TPSA) is 66.0 Å². The largest absolute Gasteiger partial charge is 0.496 e. The number of amides is 2. The van der Waals surface area contributed by atoms with Crippen LogP contribution in [0.25, 0.3) is 11.1 Å². The lowest BCUT2D eigenvalue weighted by Crippen LogP contribution is -2.64. The number of aromatic nitrogens is 1. The van der Waals surface area contributed by atoms with Gasteiger partial charge >= 0.3 is 6.18 Å². The second-order valence-electron chi connectivity index (χ2n) is 9.17. The first kappa shape index (κ1) is 26.5. The number of rotatable bonds is 5. The predicted molar refractivity (Wildman–Crippen MR) is 138 cm³/mol. The molecular formula is C26H24ClF3N4O3S. The fourth-order valence-electron chi connectivity index (χ4n) is 4.78. The summed E-state index contributed by atoms with van der Waals surface area (Å²) in [4.78, 5) is 35.5. The Morgan fingerprint density at radius 3 is 2.39 bits per heavy atom. The van der Waals surface area contributed by atoms with Crippen LogP contribution in [0.4, 0.5) is 13.2 Å². The van der Waals surface area contributed by atoms with Gasteiger partial charge in [-0.2, -0.15) is 13.2 Å². The fraction of sp³-hybridized carbons (Fsp3) is 0.346. The van der Waals surface area contributed by atoms with Gasteiger partial charge in [-0.15, -0.1) is 11.3 Å². The molecule has 0 unspecified atom stereocenters. The van der Waals surface area contributed by atoms with Gasteiger partial charge < -0.3 is 14.5 Å². The van der Waals surface area contributed by atoms with Crippen molar-refractivity contribution in [2.45, 2.75) is 12.2 Å². The molecule has 38 heavy (non-hydrogen) atoms. The van der Waals surface area contributed by atoms with Crippen molar-refractivity contribution < 1.29 is 27.5 Å². The van der Waals surface area contributed by atoms with Gasteiger partial charge in [-0.1, -0.05) is 17.7 Å². The molecule has 2 saturated heterocycles. The molecule has 2 aromatic carbocycles.